The Hall–Kier alpha value is -4.38. The molecule has 5 heteroatoms. The number of nitrogens with one attached hydrogen (secondary N) is 1. The van der Waals surface area contributed by atoms with Crippen molar-refractivity contribution < 1.29 is 19.4 Å². The van der Waals surface area contributed by atoms with Gasteiger partial charge in [-0.15, -0.1) is 0 Å². The van der Waals surface area contributed by atoms with Gasteiger partial charge in [-0.25, -0.2) is 9.59 Å². The lowest BCUT2D eigenvalue weighted by atomic mass is 9.90. The van der Waals surface area contributed by atoms with Gasteiger partial charge in [-0.05, 0) is 50.9 Å². The number of aliphatic carboxylic acids is 1. The maximum absolute atomic E-state index is 12.8. The van der Waals surface area contributed by atoms with Crippen LogP contribution in [0.1, 0.15) is 40.5 Å². The molecule has 0 heterocycles. The third-order valence-electron chi connectivity index (χ3n) is 7.37. The molecular formula is C31H25NO4. The van der Waals surface area contributed by atoms with Gasteiger partial charge in [-0.2, -0.15) is 0 Å². The molecule has 6 rings (SSSR count). The highest BCUT2D eigenvalue weighted by atomic mass is 16.5. The molecule has 2 aliphatic rings. The molecule has 0 fully saturated rings. The minimum absolute atomic E-state index is 0.0833. The lowest BCUT2D eigenvalue weighted by Crippen LogP contribution is -2.42. The number of carboxylic acid groups (broad SMARTS) is 1. The maximum atomic E-state index is 12.8. The van der Waals surface area contributed by atoms with Gasteiger partial charge in [0.1, 0.15) is 12.6 Å². The summed E-state index contributed by atoms with van der Waals surface area (Å²) in [7, 11) is 0. The Morgan fingerprint density at radius 1 is 0.667 bits per heavy atom. The summed E-state index contributed by atoms with van der Waals surface area (Å²) in [5, 5.41) is 12.6. The largest absolute Gasteiger partial charge is 0.480 e. The Labute approximate surface area is 209 Å². The molecule has 1 atom stereocenters. The number of alkyl carbamates (subject to hydrolysis) is 1. The van der Waals surface area contributed by atoms with E-state index < -0.39 is 18.1 Å². The first-order valence-corrected chi connectivity index (χ1v) is 12.1. The molecule has 0 radical (unpaired) electrons. The van der Waals surface area contributed by atoms with Crippen LogP contribution < -0.4 is 5.32 Å². The molecule has 0 aliphatic heterocycles. The number of rotatable bonds is 6. The first-order chi connectivity index (χ1) is 17.6. The number of hydrogen-bond donors (Lipinski definition) is 2. The summed E-state index contributed by atoms with van der Waals surface area (Å²) in [6.45, 7) is 0.140. The highest BCUT2D eigenvalue weighted by Gasteiger charge is 2.34. The van der Waals surface area contributed by atoms with E-state index >= 15 is 0 Å². The standard InChI is InChI=1S/C31H25NO4/c33-30(34)29(17-27-23-13-5-1-9-19(23)20-10-2-6-14-24(20)27)32-31(35)36-18-28-25-15-7-3-11-21(25)22-12-4-8-16-26(22)28/h1-16,27-29H,17-18H2,(H,32,35)(H,33,34). The van der Waals surface area contributed by atoms with Gasteiger partial charge in [0.05, 0.1) is 0 Å². The molecule has 0 spiro atoms. The van der Waals surface area contributed by atoms with Crippen molar-refractivity contribution >= 4 is 12.1 Å². The lowest BCUT2D eigenvalue weighted by Gasteiger charge is -2.21. The SMILES string of the molecule is O=C(NC(CC1c2ccccc2-c2ccccc21)C(=O)O)OCC1c2ccccc2-c2ccccc21. The molecule has 178 valence electrons. The highest BCUT2D eigenvalue weighted by molar-refractivity contribution is 5.83. The summed E-state index contributed by atoms with van der Waals surface area (Å²) in [6.07, 6.45) is -0.475. The zero-order valence-electron chi connectivity index (χ0n) is 19.6. The number of amides is 1. The van der Waals surface area contributed by atoms with Crippen LogP contribution in [-0.4, -0.2) is 29.8 Å². The zero-order valence-corrected chi connectivity index (χ0v) is 19.6. The van der Waals surface area contributed by atoms with Gasteiger partial charge >= 0.3 is 12.1 Å². The molecule has 36 heavy (non-hydrogen) atoms. The number of fused-ring (bicyclic) bond motifs is 6. The van der Waals surface area contributed by atoms with Crippen LogP contribution in [-0.2, 0) is 9.53 Å². The smallest absolute Gasteiger partial charge is 0.407 e. The molecule has 0 saturated heterocycles. The van der Waals surface area contributed by atoms with E-state index in [-0.39, 0.29) is 24.9 Å². The first-order valence-electron chi connectivity index (χ1n) is 12.1. The third-order valence-corrected chi connectivity index (χ3v) is 7.37. The van der Waals surface area contributed by atoms with Gasteiger partial charge in [0.2, 0.25) is 0 Å². The fraction of sp³-hybridized carbons (Fsp3) is 0.161. The van der Waals surface area contributed by atoms with Crippen LogP contribution in [0.25, 0.3) is 22.3 Å². The summed E-state index contributed by atoms with van der Waals surface area (Å²) in [4.78, 5) is 25.0. The molecule has 2 N–H and O–H groups in total. The van der Waals surface area contributed by atoms with Crippen LogP contribution >= 0.6 is 0 Å². The van der Waals surface area contributed by atoms with Crippen molar-refractivity contribution in [3.8, 4) is 22.3 Å². The van der Waals surface area contributed by atoms with Crippen LogP contribution in [0.15, 0.2) is 97.1 Å². The molecule has 4 aromatic rings. The number of benzene rings is 4. The topological polar surface area (TPSA) is 75.6 Å². The lowest BCUT2D eigenvalue weighted by molar-refractivity contribution is -0.139. The molecule has 1 amide bonds. The molecule has 2 aliphatic carbocycles. The van der Waals surface area contributed by atoms with Gasteiger partial charge in [-0.3, -0.25) is 0 Å². The molecule has 1 unspecified atom stereocenters. The van der Waals surface area contributed by atoms with Crippen LogP contribution in [0.5, 0.6) is 0 Å². The second kappa shape index (κ2) is 9.00. The van der Waals surface area contributed by atoms with E-state index in [1.807, 2.05) is 60.7 Å². The predicted octanol–water partition coefficient (Wildman–Crippen LogP) is 6.18. The van der Waals surface area contributed by atoms with Crippen molar-refractivity contribution in [1.29, 1.82) is 0 Å². The van der Waals surface area contributed by atoms with Gasteiger partial charge in [0, 0.05) is 11.8 Å². The number of hydrogen-bond acceptors (Lipinski definition) is 3. The molecule has 4 aromatic carbocycles. The normalized spacial score (nSPS) is 14.3. The van der Waals surface area contributed by atoms with E-state index in [1.54, 1.807) is 0 Å². The fourth-order valence-electron chi connectivity index (χ4n) is 5.75. The molecule has 0 aromatic heterocycles. The Morgan fingerprint density at radius 3 is 1.47 bits per heavy atom. The summed E-state index contributed by atoms with van der Waals surface area (Å²) in [6, 6.07) is 31.2. The van der Waals surface area contributed by atoms with Gasteiger partial charge < -0.3 is 15.2 Å². The van der Waals surface area contributed by atoms with Crippen molar-refractivity contribution in [3.63, 3.8) is 0 Å². The summed E-state index contributed by atoms with van der Waals surface area (Å²) >= 11 is 0. The van der Waals surface area contributed by atoms with Crippen molar-refractivity contribution in [2.45, 2.75) is 24.3 Å². The predicted molar refractivity (Wildman–Crippen MR) is 138 cm³/mol. The quantitative estimate of drug-likeness (QED) is 0.349. The average Bonchev–Trinajstić information content (AvgIpc) is 3.40. The first kappa shape index (κ1) is 22.1. The van der Waals surface area contributed by atoms with Crippen LogP contribution in [0.4, 0.5) is 4.79 Å². The van der Waals surface area contributed by atoms with E-state index in [0.717, 1.165) is 44.5 Å². The third kappa shape index (κ3) is 3.73. The Balaban J connectivity index is 1.18. The average molecular weight is 476 g/mol. The van der Waals surface area contributed by atoms with Crippen molar-refractivity contribution in [3.05, 3.63) is 119 Å². The molecular weight excluding hydrogens is 450 g/mol. The zero-order chi connectivity index (χ0) is 24.6. The van der Waals surface area contributed by atoms with Crippen LogP contribution in [0, 0.1) is 0 Å². The highest BCUT2D eigenvalue weighted by Crippen LogP contribution is 2.47. The minimum atomic E-state index is -1.08. The Kier molecular flexibility index (Phi) is 5.53. The van der Waals surface area contributed by atoms with E-state index in [2.05, 4.69) is 41.7 Å². The second-order valence-electron chi connectivity index (χ2n) is 9.32. The fourth-order valence-corrected chi connectivity index (χ4v) is 5.75. The Bertz CT molecular complexity index is 1390. The van der Waals surface area contributed by atoms with E-state index in [4.69, 9.17) is 4.74 Å². The summed E-state index contributed by atoms with van der Waals surface area (Å²) in [5.41, 5.74) is 8.90. The van der Waals surface area contributed by atoms with Crippen LogP contribution in [0.3, 0.4) is 0 Å². The summed E-state index contributed by atoms with van der Waals surface area (Å²) in [5.74, 6) is -1.28. The van der Waals surface area contributed by atoms with E-state index in [9.17, 15) is 14.7 Å². The maximum Gasteiger partial charge on any atom is 0.407 e. The van der Waals surface area contributed by atoms with Gasteiger partial charge in [-0.1, -0.05) is 97.1 Å². The number of ether oxygens (including phenoxy) is 1. The van der Waals surface area contributed by atoms with Gasteiger partial charge in [0.25, 0.3) is 0 Å². The van der Waals surface area contributed by atoms with E-state index in [0.29, 0.717) is 0 Å². The Morgan fingerprint density at radius 2 is 1.06 bits per heavy atom. The van der Waals surface area contributed by atoms with E-state index in [1.165, 1.54) is 0 Å². The number of carboxylic acids is 1. The van der Waals surface area contributed by atoms with Crippen LogP contribution in [0.2, 0.25) is 0 Å². The molecule has 0 bridgehead atoms. The monoisotopic (exact) mass is 475 g/mol. The van der Waals surface area contributed by atoms with Gasteiger partial charge in [0.15, 0.2) is 0 Å². The number of carbonyl (C=O) groups excluding carboxylic acids is 1. The molecule has 0 saturated carbocycles. The van der Waals surface area contributed by atoms with Crippen molar-refractivity contribution in [2.24, 2.45) is 0 Å². The number of carbonyl (C=O) groups is 2. The van der Waals surface area contributed by atoms with Crippen molar-refractivity contribution in [1.82, 2.24) is 5.32 Å². The second-order valence-corrected chi connectivity index (χ2v) is 9.32. The minimum Gasteiger partial charge on any atom is -0.480 e. The molecule has 5 nitrogen and oxygen atoms in total. The summed E-state index contributed by atoms with van der Waals surface area (Å²) < 4.78 is 5.61. The van der Waals surface area contributed by atoms with Crippen molar-refractivity contribution in [2.75, 3.05) is 6.61 Å².